The predicted octanol–water partition coefficient (Wildman–Crippen LogP) is 4.71. The van der Waals surface area contributed by atoms with E-state index in [1.54, 1.807) is 12.1 Å². The van der Waals surface area contributed by atoms with Gasteiger partial charge in [0.05, 0.1) is 12.7 Å². The van der Waals surface area contributed by atoms with Crippen LogP contribution in [0, 0.1) is 0 Å². The Morgan fingerprint density at radius 2 is 1.86 bits per heavy atom. The molecule has 110 valence electrons. The maximum Gasteiger partial charge on any atom is 0.416 e. The summed E-state index contributed by atoms with van der Waals surface area (Å²) in [5, 5.41) is 0. The van der Waals surface area contributed by atoms with Crippen LogP contribution < -0.4 is 4.74 Å². The van der Waals surface area contributed by atoms with Gasteiger partial charge in [0.2, 0.25) is 0 Å². The molecule has 0 N–H and O–H groups in total. The molecule has 0 amide bonds. The highest BCUT2D eigenvalue weighted by molar-refractivity contribution is 9.10. The highest BCUT2D eigenvalue weighted by atomic mass is 79.9. The van der Waals surface area contributed by atoms with E-state index < -0.39 is 17.5 Å². The number of carbonyl (C=O) groups excluding carboxylic acids is 1. The zero-order chi connectivity index (χ0) is 15.6. The lowest BCUT2D eigenvalue weighted by molar-refractivity contribution is -0.137. The Labute approximate surface area is 127 Å². The Bertz CT molecular complexity index is 681. The first-order valence-corrected chi connectivity index (χ1v) is 6.67. The van der Waals surface area contributed by atoms with Gasteiger partial charge in [-0.3, -0.25) is 4.79 Å². The molecule has 0 aliphatic rings. The highest BCUT2D eigenvalue weighted by Gasteiger charge is 2.31. The molecule has 0 saturated carbocycles. The van der Waals surface area contributed by atoms with Crippen molar-refractivity contribution in [3.63, 3.8) is 0 Å². The number of methoxy groups -OCH3 is 1. The predicted molar refractivity (Wildman–Crippen MR) is 75.6 cm³/mol. The molecule has 6 heteroatoms. The van der Waals surface area contributed by atoms with Gasteiger partial charge in [0, 0.05) is 15.6 Å². The molecule has 0 atom stereocenters. The zero-order valence-corrected chi connectivity index (χ0v) is 12.5. The fraction of sp³-hybridized carbons (Fsp3) is 0.133. The van der Waals surface area contributed by atoms with Crippen LogP contribution in [0.3, 0.4) is 0 Å². The van der Waals surface area contributed by atoms with Crippen LogP contribution in [-0.2, 0) is 6.18 Å². The minimum Gasteiger partial charge on any atom is -0.497 e. The Hall–Kier alpha value is -1.82. The summed E-state index contributed by atoms with van der Waals surface area (Å²) < 4.78 is 43.5. The molecule has 0 bridgehead atoms. The molecule has 21 heavy (non-hydrogen) atoms. The van der Waals surface area contributed by atoms with E-state index >= 15 is 0 Å². The average molecular weight is 359 g/mol. The van der Waals surface area contributed by atoms with Crippen LogP contribution >= 0.6 is 15.9 Å². The summed E-state index contributed by atoms with van der Waals surface area (Å²) in [4.78, 5) is 12.3. The molecule has 0 saturated heterocycles. The number of hydrogen-bond donors (Lipinski definition) is 0. The molecule has 0 fully saturated rings. The molecule has 0 unspecified atom stereocenters. The van der Waals surface area contributed by atoms with Gasteiger partial charge in [-0.05, 0) is 46.3 Å². The fourth-order valence-electron chi connectivity index (χ4n) is 1.80. The average Bonchev–Trinajstić information content (AvgIpc) is 2.45. The highest BCUT2D eigenvalue weighted by Crippen LogP contribution is 2.31. The Kier molecular flexibility index (Phi) is 4.37. The Balaban J connectivity index is 2.41. The van der Waals surface area contributed by atoms with Crippen LogP contribution in [0.15, 0.2) is 46.9 Å². The summed E-state index contributed by atoms with van der Waals surface area (Å²) in [6.45, 7) is 0. The molecular weight excluding hydrogens is 349 g/mol. The van der Waals surface area contributed by atoms with Gasteiger partial charge in [0.25, 0.3) is 0 Å². The molecule has 0 aromatic heterocycles. The van der Waals surface area contributed by atoms with Gasteiger partial charge in [-0.1, -0.05) is 12.1 Å². The van der Waals surface area contributed by atoms with Gasteiger partial charge in [-0.25, -0.2) is 0 Å². The van der Waals surface area contributed by atoms with Crippen molar-refractivity contribution < 1.29 is 22.7 Å². The fourth-order valence-corrected chi connectivity index (χ4v) is 2.34. The third-order valence-corrected chi connectivity index (χ3v) is 3.53. The van der Waals surface area contributed by atoms with Crippen molar-refractivity contribution >= 4 is 21.7 Å². The standard InChI is InChI=1S/C15H10BrF3O2/c1-21-11-5-6-12(13(16)8-11)14(20)9-3-2-4-10(7-9)15(17,18)19/h2-8H,1H3. The number of halogens is 4. The first-order chi connectivity index (χ1) is 9.82. The van der Waals surface area contributed by atoms with E-state index in [1.165, 1.54) is 25.3 Å². The number of ketones is 1. The summed E-state index contributed by atoms with van der Waals surface area (Å²) in [5.41, 5.74) is -0.594. The first kappa shape index (κ1) is 15.6. The SMILES string of the molecule is COc1ccc(C(=O)c2cccc(C(F)(F)F)c2)c(Br)c1. The molecule has 0 aliphatic carbocycles. The molecule has 0 aliphatic heterocycles. The van der Waals surface area contributed by atoms with Crippen LogP contribution in [-0.4, -0.2) is 12.9 Å². The summed E-state index contributed by atoms with van der Waals surface area (Å²) in [6.07, 6.45) is -4.48. The maximum absolute atomic E-state index is 12.7. The summed E-state index contributed by atoms with van der Waals surface area (Å²) in [5.74, 6) is 0.0538. The van der Waals surface area contributed by atoms with E-state index in [0.717, 1.165) is 12.1 Å². The lowest BCUT2D eigenvalue weighted by atomic mass is 10.0. The van der Waals surface area contributed by atoms with Crippen molar-refractivity contribution in [2.45, 2.75) is 6.18 Å². The van der Waals surface area contributed by atoms with Crippen LogP contribution in [0.4, 0.5) is 13.2 Å². The van der Waals surface area contributed by atoms with Gasteiger partial charge in [-0.2, -0.15) is 13.2 Å². The van der Waals surface area contributed by atoms with Gasteiger partial charge >= 0.3 is 6.18 Å². The maximum atomic E-state index is 12.7. The molecule has 2 rings (SSSR count). The smallest absolute Gasteiger partial charge is 0.416 e. The third-order valence-electron chi connectivity index (χ3n) is 2.87. The molecule has 2 aromatic rings. The number of hydrogen-bond acceptors (Lipinski definition) is 2. The number of alkyl halides is 3. The minimum atomic E-state index is -4.48. The van der Waals surface area contributed by atoms with E-state index in [4.69, 9.17) is 4.74 Å². The van der Waals surface area contributed by atoms with Crippen LogP contribution in [0.1, 0.15) is 21.5 Å². The molecular formula is C15H10BrF3O2. The van der Waals surface area contributed by atoms with Crippen molar-refractivity contribution in [3.05, 3.63) is 63.6 Å². The Morgan fingerprint density at radius 1 is 1.14 bits per heavy atom. The number of rotatable bonds is 3. The van der Waals surface area contributed by atoms with Crippen LogP contribution in [0.2, 0.25) is 0 Å². The normalized spacial score (nSPS) is 11.3. The second-order valence-electron chi connectivity index (χ2n) is 4.25. The molecule has 0 spiro atoms. The monoisotopic (exact) mass is 358 g/mol. The minimum absolute atomic E-state index is 0.0179. The van der Waals surface area contributed by atoms with E-state index in [-0.39, 0.29) is 11.1 Å². The summed E-state index contributed by atoms with van der Waals surface area (Å²) in [6, 6.07) is 9.01. The first-order valence-electron chi connectivity index (χ1n) is 5.88. The number of ether oxygens (including phenoxy) is 1. The van der Waals surface area contributed by atoms with Crippen molar-refractivity contribution in [2.75, 3.05) is 7.11 Å². The van der Waals surface area contributed by atoms with E-state index in [2.05, 4.69) is 15.9 Å². The number of benzene rings is 2. The summed E-state index contributed by atoms with van der Waals surface area (Å²) in [7, 11) is 1.48. The van der Waals surface area contributed by atoms with E-state index in [0.29, 0.717) is 10.2 Å². The van der Waals surface area contributed by atoms with Crippen molar-refractivity contribution in [3.8, 4) is 5.75 Å². The number of carbonyl (C=O) groups is 1. The topological polar surface area (TPSA) is 26.3 Å². The van der Waals surface area contributed by atoms with Gasteiger partial charge in [0.15, 0.2) is 5.78 Å². The third kappa shape index (κ3) is 3.44. The van der Waals surface area contributed by atoms with Crippen LogP contribution in [0.5, 0.6) is 5.75 Å². The van der Waals surface area contributed by atoms with Gasteiger partial charge in [-0.15, -0.1) is 0 Å². The van der Waals surface area contributed by atoms with Crippen molar-refractivity contribution in [1.29, 1.82) is 0 Å². The Morgan fingerprint density at radius 3 is 2.43 bits per heavy atom. The quantitative estimate of drug-likeness (QED) is 0.743. The summed E-state index contributed by atoms with van der Waals surface area (Å²) >= 11 is 3.22. The lowest BCUT2D eigenvalue weighted by Crippen LogP contribution is -2.08. The van der Waals surface area contributed by atoms with Gasteiger partial charge in [0.1, 0.15) is 5.75 Å². The molecule has 2 nitrogen and oxygen atoms in total. The van der Waals surface area contributed by atoms with E-state index in [1.807, 2.05) is 0 Å². The molecule has 2 aromatic carbocycles. The van der Waals surface area contributed by atoms with Crippen LogP contribution in [0.25, 0.3) is 0 Å². The zero-order valence-electron chi connectivity index (χ0n) is 10.9. The second kappa shape index (κ2) is 5.89. The largest absolute Gasteiger partial charge is 0.497 e. The van der Waals surface area contributed by atoms with Gasteiger partial charge < -0.3 is 4.74 Å². The second-order valence-corrected chi connectivity index (χ2v) is 5.11. The van der Waals surface area contributed by atoms with Crippen molar-refractivity contribution in [1.82, 2.24) is 0 Å². The van der Waals surface area contributed by atoms with Crippen molar-refractivity contribution in [2.24, 2.45) is 0 Å². The lowest BCUT2D eigenvalue weighted by Gasteiger charge is -2.09. The molecule has 0 heterocycles. The molecule has 0 radical (unpaired) electrons. The van der Waals surface area contributed by atoms with E-state index in [9.17, 15) is 18.0 Å².